The van der Waals surface area contributed by atoms with E-state index in [0.29, 0.717) is 5.92 Å². The van der Waals surface area contributed by atoms with Crippen LogP contribution in [0.5, 0.6) is 0 Å². The summed E-state index contributed by atoms with van der Waals surface area (Å²) in [6.45, 7) is 0. The predicted octanol–water partition coefficient (Wildman–Crippen LogP) is 16.0. The van der Waals surface area contributed by atoms with Crippen molar-refractivity contribution in [3.05, 3.63) is 175 Å². The normalized spacial score (nSPS) is 13.7. The van der Waals surface area contributed by atoms with Crippen LogP contribution in [0.4, 0.5) is 17.1 Å². The molecule has 0 atom stereocenters. The first-order chi connectivity index (χ1) is 27.3. The van der Waals surface area contributed by atoms with E-state index in [0.717, 1.165) is 39.0 Å². The number of thiophene rings is 1. The molecule has 10 aromatic rings. The molecule has 3 heteroatoms. The van der Waals surface area contributed by atoms with Gasteiger partial charge in [0.1, 0.15) is 11.2 Å². The fourth-order valence-corrected chi connectivity index (χ4v) is 10.5. The molecule has 11 rings (SSSR count). The van der Waals surface area contributed by atoms with Crippen LogP contribution in [-0.4, -0.2) is 0 Å². The second-order valence-electron chi connectivity index (χ2n) is 15.0. The number of furan rings is 1. The summed E-state index contributed by atoms with van der Waals surface area (Å²) in [5.74, 6) is 0.584. The Labute approximate surface area is 324 Å². The predicted molar refractivity (Wildman–Crippen MR) is 235 cm³/mol. The summed E-state index contributed by atoms with van der Waals surface area (Å²) >= 11 is 1.87. The summed E-state index contributed by atoms with van der Waals surface area (Å²) in [4.78, 5) is 2.50. The molecule has 2 heterocycles. The smallest absolute Gasteiger partial charge is 0.135 e. The quantitative estimate of drug-likeness (QED) is 0.170. The minimum atomic E-state index is 0.584. The van der Waals surface area contributed by atoms with Crippen molar-refractivity contribution in [2.24, 2.45) is 0 Å². The molecule has 0 saturated heterocycles. The number of para-hydroxylation sites is 3. The molecule has 2 aromatic heterocycles. The molecular weight excluding hydrogens is 687 g/mol. The Morgan fingerprint density at radius 2 is 1.05 bits per heavy atom. The van der Waals surface area contributed by atoms with E-state index in [9.17, 15) is 0 Å². The molecule has 0 N–H and O–H groups in total. The highest BCUT2D eigenvalue weighted by Crippen LogP contribution is 2.50. The molecule has 0 aliphatic heterocycles. The van der Waals surface area contributed by atoms with Gasteiger partial charge in [0.15, 0.2) is 0 Å². The fourth-order valence-electron chi connectivity index (χ4n) is 9.40. The van der Waals surface area contributed by atoms with Crippen LogP contribution in [0, 0.1) is 0 Å². The lowest BCUT2D eigenvalue weighted by Crippen LogP contribution is -2.12. The molecule has 0 radical (unpaired) electrons. The lowest BCUT2D eigenvalue weighted by Gasteiger charge is -2.31. The number of anilines is 3. The monoisotopic (exact) mass is 725 g/mol. The topological polar surface area (TPSA) is 16.4 Å². The van der Waals surface area contributed by atoms with E-state index >= 15 is 0 Å². The lowest BCUT2D eigenvalue weighted by atomic mass is 9.80. The maximum absolute atomic E-state index is 6.37. The molecular formula is C52H39NOS. The summed E-state index contributed by atoms with van der Waals surface area (Å²) in [6.07, 6.45) is 6.48. The molecule has 8 aromatic carbocycles. The second-order valence-corrected chi connectivity index (χ2v) is 16.1. The van der Waals surface area contributed by atoms with E-state index < -0.39 is 0 Å². The molecule has 264 valence electrons. The number of fused-ring (bicyclic) bond motifs is 7. The highest BCUT2D eigenvalue weighted by atomic mass is 32.1. The van der Waals surface area contributed by atoms with Crippen molar-refractivity contribution in [1.29, 1.82) is 0 Å². The Bertz CT molecular complexity index is 3050. The van der Waals surface area contributed by atoms with Crippen LogP contribution in [0.1, 0.15) is 43.6 Å². The minimum Gasteiger partial charge on any atom is -0.456 e. The van der Waals surface area contributed by atoms with Gasteiger partial charge in [-0.3, -0.25) is 0 Å². The van der Waals surface area contributed by atoms with Crippen molar-refractivity contribution in [2.45, 2.75) is 38.0 Å². The minimum absolute atomic E-state index is 0.584. The number of nitrogens with zero attached hydrogens (tertiary/aromatic N) is 1. The third-order valence-corrected chi connectivity index (χ3v) is 13.0. The Balaban J connectivity index is 1.20. The summed E-state index contributed by atoms with van der Waals surface area (Å²) in [5.41, 5.74) is 11.6. The zero-order valence-electron chi connectivity index (χ0n) is 30.5. The van der Waals surface area contributed by atoms with Gasteiger partial charge in [-0.25, -0.2) is 0 Å². The van der Waals surface area contributed by atoms with Gasteiger partial charge < -0.3 is 9.32 Å². The van der Waals surface area contributed by atoms with Crippen LogP contribution in [0.25, 0.3) is 75.1 Å². The molecule has 0 bridgehead atoms. The fraction of sp³-hybridized carbons (Fsp3) is 0.115. The van der Waals surface area contributed by atoms with Crippen LogP contribution in [-0.2, 0) is 0 Å². The summed E-state index contributed by atoms with van der Waals surface area (Å²) < 4.78 is 8.98. The Morgan fingerprint density at radius 3 is 1.85 bits per heavy atom. The second kappa shape index (κ2) is 13.3. The van der Waals surface area contributed by atoms with Gasteiger partial charge in [0.05, 0.1) is 11.4 Å². The van der Waals surface area contributed by atoms with E-state index in [4.69, 9.17) is 4.42 Å². The molecule has 0 amide bonds. The Morgan fingerprint density at radius 1 is 0.455 bits per heavy atom. The number of rotatable bonds is 6. The zero-order chi connectivity index (χ0) is 36.3. The maximum atomic E-state index is 6.37. The first kappa shape index (κ1) is 32.3. The van der Waals surface area contributed by atoms with Gasteiger partial charge in [-0.2, -0.15) is 0 Å². The third-order valence-electron chi connectivity index (χ3n) is 11.9. The third kappa shape index (κ3) is 5.37. The van der Waals surface area contributed by atoms with Crippen molar-refractivity contribution in [3.63, 3.8) is 0 Å². The van der Waals surface area contributed by atoms with E-state index in [1.807, 2.05) is 17.4 Å². The molecule has 0 spiro atoms. The first-order valence-electron chi connectivity index (χ1n) is 19.6. The van der Waals surface area contributed by atoms with Crippen LogP contribution in [0.15, 0.2) is 174 Å². The van der Waals surface area contributed by atoms with Gasteiger partial charge in [0.25, 0.3) is 0 Å². The molecule has 1 aliphatic carbocycles. The summed E-state index contributed by atoms with van der Waals surface area (Å²) in [6, 6.07) is 62.6. The largest absolute Gasteiger partial charge is 0.456 e. The van der Waals surface area contributed by atoms with Gasteiger partial charge in [0, 0.05) is 47.8 Å². The standard InChI is InChI=1S/C52H39NOS/c1-2-15-34(16-3-1)37-23-12-17-35-18-13-24-41(51(35)37)38-19-4-8-26-45(38)53(36-31-32-48-44(33-36)40-21-6-10-28-47(40)54-48)46-27-9-5-20-39(46)42-25-14-30-50-52(42)43-22-7-11-29-49(43)55-50/h4-14,17-34H,1-3,15-16H2. The average Bonchev–Trinajstić information content (AvgIpc) is 3.82. The molecule has 1 fully saturated rings. The highest BCUT2D eigenvalue weighted by Gasteiger charge is 2.25. The Kier molecular flexibility index (Phi) is 7.81. The van der Waals surface area contributed by atoms with Crippen molar-refractivity contribution in [2.75, 3.05) is 4.90 Å². The van der Waals surface area contributed by atoms with Crippen molar-refractivity contribution >= 4 is 81.3 Å². The molecule has 2 nitrogen and oxygen atoms in total. The van der Waals surface area contributed by atoms with Crippen molar-refractivity contribution in [1.82, 2.24) is 0 Å². The van der Waals surface area contributed by atoms with E-state index in [2.05, 4.69) is 169 Å². The van der Waals surface area contributed by atoms with Crippen LogP contribution >= 0.6 is 11.3 Å². The number of hydrogen-bond donors (Lipinski definition) is 0. The van der Waals surface area contributed by atoms with E-state index in [-0.39, 0.29) is 0 Å². The van der Waals surface area contributed by atoms with E-state index in [1.165, 1.54) is 90.9 Å². The summed E-state index contributed by atoms with van der Waals surface area (Å²) in [7, 11) is 0. The zero-order valence-corrected chi connectivity index (χ0v) is 31.4. The van der Waals surface area contributed by atoms with Gasteiger partial charge in [-0.05, 0) is 94.8 Å². The molecule has 55 heavy (non-hydrogen) atoms. The highest BCUT2D eigenvalue weighted by molar-refractivity contribution is 7.25. The van der Waals surface area contributed by atoms with Crippen LogP contribution in [0.3, 0.4) is 0 Å². The lowest BCUT2D eigenvalue weighted by molar-refractivity contribution is 0.445. The summed E-state index contributed by atoms with van der Waals surface area (Å²) in [5, 5.41) is 7.56. The number of hydrogen-bond acceptors (Lipinski definition) is 3. The van der Waals surface area contributed by atoms with Crippen LogP contribution < -0.4 is 4.90 Å². The molecule has 1 aliphatic rings. The van der Waals surface area contributed by atoms with Gasteiger partial charge in [-0.1, -0.05) is 141 Å². The average molecular weight is 726 g/mol. The molecule has 0 unspecified atom stereocenters. The maximum Gasteiger partial charge on any atom is 0.135 e. The van der Waals surface area contributed by atoms with Gasteiger partial charge in [-0.15, -0.1) is 11.3 Å². The SMILES string of the molecule is c1ccc(N(c2ccc3oc4ccccc4c3c2)c2ccccc2-c2cccc3sc4ccccc4c23)c(-c2cccc3cccc(C4CCCCC4)c23)c1. The van der Waals surface area contributed by atoms with Gasteiger partial charge >= 0.3 is 0 Å². The van der Waals surface area contributed by atoms with Crippen LogP contribution in [0.2, 0.25) is 0 Å². The van der Waals surface area contributed by atoms with Gasteiger partial charge in [0.2, 0.25) is 0 Å². The molecule has 1 saturated carbocycles. The van der Waals surface area contributed by atoms with Crippen molar-refractivity contribution in [3.8, 4) is 22.3 Å². The number of benzene rings is 8. The van der Waals surface area contributed by atoms with Crippen molar-refractivity contribution < 1.29 is 4.42 Å². The van der Waals surface area contributed by atoms with E-state index in [1.54, 1.807) is 0 Å². The Hall–Kier alpha value is -6.16. The first-order valence-corrected chi connectivity index (χ1v) is 20.4.